The van der Waals surface area contributed by atoms with Crippen molar-refractivity contribution in [3.8, 4) is 5.75 Å². The quantitative estimate of drug-likeness (QED) is 0.840. The van der Waals surface area contributed by atoms with Gasteiger partial charge in [-0.25, -0.2) is 4.39 Å². The Kier molecular flexibility index (Phi) is 4.07. The maximum Gasteiger partial charge on any atom is 0.145 e. The summed E-state index contributed by atoms with van der Waals surface area (Å²) in [5, 5.41) is 0. The lowest BCUT2D eigenvalue weighted by Gasteiger charge is -2.32. The third kappa shape index (κ3) is 3.13. The van der Waals surface area contributed by atoms with E-state index in [4.69, 9.17) is 10.5 Å². The molecule has 2 rings (SSSR count). The van der Waals surface area contributed by atoms with Gasteiger partial charge >= 0.3 is 0 Å². The van der Waals surface area contributed by atoms with Crippen molar-refractivity contribution in [3.63, 3.8) is 0 Å². The van der Waals surface area contributed by atoms with Gasteiger partial charge in [0.15, 0.2) is 0 Å². The average molecular weight is 252 g/mol. The van der Waals surface area contributed by atoms with E-state index < -0.39 is 0 Å². The number of nitrogens with zero attached hydrogens (tertiary/aromatic N) is 1. The molecule has 18 heavy (non-hydrogen) atoms. The van der Waals surface area contributed by atoms with Gasteiger partial charge < -0.3 is 15.4 Å². The minimum absolute atomic E-state index is 0.0720. The minimum Gasteiger partial charge on any atom is -0.488 e. The molecule has 1 atom stereocenters. The van der Waals surface area contributed by atoms with Crippen LogP contribution in [0.3, 0.4) is 0 Å². The maximum absolute atomic E-state index is 13.1. The third-order valence-electron chi connectivity index (χ3n) is 3.72. The highest BCUT2D eigenvalue weighted by atomic mass is 19.1. The number of likely N-dealkylation sites (tertiary alicyclic amines) is 1. The summed E-state index contributed by atoms with van der Waals surface area (Å²) < 4.78 is 19.0. The SMILES string of the molecule is CC(Oc1cc(F)ccc1N)C1CCN(C)CC1. The first kappa shape index (κ1) is 13.1. The van der Waals surface area contributed by atoms with Gasteiger partial charge in [0.2, 0.25) is 0 Å². The van der Waals surface area contributed by atoms with Gasteiger partial charge in [-0.1, -0.05) is 0 Å². The fraction of sp³-hybridized carbons (Fsp3) is 0.571. The molecule has 0 radical (unpaired) electrons. The van der Waals surface area contributed by atoms with Gasteiger partial charge in [-0.05, 0) is 58.0 Å². The van der Waals surface area contributed by atoms with E-state index in [-0.39, 0.29) is 11.9 Å². The first-order chi connectivity index (χ1) is 8.56. The predicted molar refractivity (Wildman–Crippen MR) is 71.1 cm³/mol. The summed E-state index contributed by atoms with van der Waals surface area (Å²) in [4.78, 5) is 2.32. The summed E-state index contributed by atoms with van der Waals surface area (Å²) in [6.07, 6.45) is 2.31. The molecule has 1 saturated heterocycles. The molecule has 0 amide bonds. The van der Waals surface area contributed by atoms with Crippen molar-refractivity contribution in [1.29, 1.82) is 0 Å². The zero-order valence-electron chi connectivity index (χ0n) is 11.0. The van der Waals surface area contributed by atoms with E-state index in [0.717, 1.165) is 25.9 Å². The first-order valence-electron chi connectivity index (χ1n) is 6.46. The molecule has 1 unspecified atom stereocenters. The number of anilines is 1. The molecule has 1 fully saturated rings. The van der Waals surface area contributed by atoms with Crippen LogP contribution in [0.4, 0.5) is 10.1 Å². The molecule has 0 spiro atoms. The van der Waals surface area contributed by atoms with E-state index in [0.29, 0.717) is 17.4 Å². The Morgan fingerprint density at radius 2 is 2.06 bits per heavy atom. The summed E-state index contributed by atoms with van der Waals surface area (Å²) in [7, 11) is 2.13. The Hall–Kier alpha value is -1.29. The number of benzene rings is 1. The van der Waals surface area contributed by atoms with Gasteiger partial charge in [-0.3, -0.25) is 0 Å². The number of rotatable bonds is 3. The molecule has 1 aromatic carbocycles. The van der Waals surface area contributed by atoms with Crippen molar-refractivity contribution < 1.29 is 9.13 Å². The normalized spacial score (nSPS) is 19.7. The molecule has 1 aliphatic rings. The number of hydrogen-bond donors (Lipinski definition) is 1. The van der Waals surface area contributed by atoms with Gasteiger partial charge in [0.1, 0.15) is 11.6 Å². The lowest BCUT2D eigenvalue weighted by molar-refractivity contribution is 0.0981. The lowest BCUT2D eigenvalue weighted by Crippen LogP contribution is -2.36. The summed E-state index contributed by atoms with van der Waals surface area (Å²) in [5.74, 6) is 0.667. The second kappa shape index (κ2) is 5.57. The van der Waals surface area contributed by atoms with Crippen molar-refractivity contribution in [1.82, 2.24) is 4.90 Å². The number of halogens is 1. The highest BCUT2D eigenvalue weighted by Gasteiger charge is 2.24. The fourth-order valence-corrected chi connectivity index (χ4v) is 2.40. The lowest BCUT2D eigenvalue weighted by atomic mass is 9.92. The Morgan fingerprint density at radius 1 is 1.39 bits per heavy atom. The van der Waals surface area contributed by atoms with Crippen LogP contribution in [0.5, 0.6) is 5.75 Å². The average Bonchev–Trinajstić information content (AvgIpc) is 2.34. The van der Waals surface area contributed by atoms with E-state index >= 15 is 0 Å². The van der Waals surface area contributed by atoms with Crippen LogP contribution in [0.2, 0.25) is 0 Å². The van der Waals surface area contributed by atoms with Gasteiger partial charge in [0.25, 0.3) is 0 Å². The van der Waals surface area contributed by atoms with E-state index in [1.807, 2.05) is 6.92 Å². The Bertz CT molecular complexity index is 403. The Balaban J connectivity index is 1.98. The molecule has 1 aromatic rings. The van der Waals surface area contributed by atoms with Crippen molar-refractivity contribution in [2.75, 3.05) is 25.9 Å². The highest BCUT2D eigenvalue weighted by molar-refractivity contribution is 5.52. The van der Waals surface area contributed by atoms with Gasteiger partial charge in [0, 0.05) is 6.07 Å². The number of nitrogens with two attached hydrogens (primary N) is 1. The van der Waals surface area contributed by atoms with Crippen LogP contribution < -0.4 is 10.5 Å². The maximum atomic E-state index is 13.1. The summed E-state index contributed by atoms with van der Waals surface area (Å²) in [6, 6.07) is 4.26. The zero-order chi connectivity index (χ0) is 13.1. The van der Waals surface area contributed by atoms with Crippen molar-refractivity contribution in [2.45, 2.75) is 25.9 Å². The molecule has 100 valence electrons. The zero-order valence-corrected chi connectivity index (χ0v) is 11.0. The van der Waals surface area contributed by atoms with Crippen LogP contribution in [0.25, 0.3) is 0 Å². The summed E-state index contributed by atoms with van der Waals surface area (Å²) >= 11 is 0. The largest absolute Gasteiger partial charge is 0.488 e. The topological polar surface area (TPSA) is 38.5 Å². The van der Waals surface area contributed by atoms with E-state index in [1.165, 1.54) is 12.1 Å². The Morgan fingerprint density at radius 3 is 2.72 bits per heavy atom. The van der Waals surface area contributed by atoms with E-state index in [1.54, 1.807) is 6.07 Å². The van der Waals surface area contributed by atoms with E-state index in [9.17, 15) is 4.39 Å². The summed E-state index contributed by atoms with van der Waals surface area (Å²) in [6.45, 7) is 4.23. The molecule has 1 aliphatic heterocycles. The van der Waals surface area contributed by atoms with Gasteiger partial charge in [-0.2, -0.15) is 0 Å². The first-order valence-corrected chi connectivity index (χ1v) is 6.46. The molecule has 1 heterocycles. The van der Waals surface area contributed by atoms with Crippen LogP contribution in [-0.4, -0.2) is 31.1 Å². The molecule has 0 saturated carbocycles. The van der Waals surface area contributed by atoms with Crippen LogP contribution in [0.1, 0.15) is 19.8 Å². The Labute approximate surface area is 108 Å². The van der Waals surface area contributed by atoms with Crippen molar-refractivity contribution in [3.05, 3.63) is 24.0 Å². The second-order valence-electron chi connectivity index (χ2n) is 5.15. The molecule has 0 aliphatic carbocycles. The van der Waals surface area contributed by atoms with Crippen LogP contribution in [0, 0.1) is 11.7 Å². The molecule has 2 N–H and O–H groups in total. The number of hydrogen-bond acceptors (Lipinski definition) is 3. The monoisotopic (exact) mass is 252 g/mol. The molecule has 0 aromatic heterocycles. The minimum atomic E-state index is -0.310. The van der Waals surface area contributed by atoms with Crippen molar-refractivity contribution in [2.24, 2.45) is 5.92 Å². The smallest absolute Gasteiger partial charge is 0.145 e. The van der Waals surface area contributed by atoms with E-state index in [2.05, 4.69) is 11.9 Å². The molecular formula is C14H21FN2O. The van der Waals surface area contributed by atoms with Crippen molar-refractivity contribution >= 4 is 5.69 Å². The van der Waals surface area contributed by atoms with Crippen LogP contribution in [0.15, 0.2) is 18.2 Å². The second-order valence-corrected chi connectivity index (χ2v) is 5.15. The summed E-state index contributed by atoms with van der Waals surface area (Å²) in [5.41, 5.74) is 6.29. The number of nitrogen functional groups attached to an aromatic ring is 1. The fourth-order valence-electron chi connectivity index (χ4n) is 2.40. The van der Waals surface area contributed by atoms with Gasteiger partial charge in [0.05, 0.1) is 11.8 Å². The molecule has 3 nitrogen and oxygen atoms in total. The third-order valence-corrected chi connectivity index (χ3v) is 3.72. The predicted octanol–water partition coefficient (Wildman–Crippen LogP) is 2.52. The molecular weight excluding hydrogens is 231 g/mol. The molecule has 0 bridgehead atoms. The standard InChI is InChI=1S/C14H21FN2O/c1-10(11-5-7-17(2)8-6-11)18-14-9-12(15)3-4-13(14)16/h3-4,9-11H,5-8,16H2,1-2H3. The number of ether oxygens (including phenoxy) is 1. The highest BCUT2D eigenvalue weighted by Crippen LogP contribution is 2.28. The van der Waals surface area contributed by atoms with Gasteiger partial charge in [-0.15, -0.1) is 0 Å². The molecule has 4 heteroatoms. The number of piperidine rings is 1. The van der Waals surface area contributed by atoms with Crippen LogP contribution in [-0.2, 0) is 0 Å². The van der Waals surface area contributed by atoms with Crippen LogP contribution >= 0.6 is 0 Å².